The Hall–Kier alpha value is -1.69. The van der Waals surface area contributed by atoms with Crippen LogP contribution in [-0.4, -0.2) is 11.5 Å². The van der Waals surface area contributed by atoms with E-state index in [1.165, 1.54) is 6.20 Å². The molecule has 0 unspecified atom stereocenters. The van der Waals surface area contributed by atoms with E-state index >= 15 is 0 Å². The first-order chi connectivity index (χ1) is 6.33. The van der Waals surface area contributed by atoms with E-state index < -0.39 is 0 Å². The van der Waals surface area contributed by atoms with Gasteiger partial charge >= 0.3 is 0 Å². The molecule has 64 valence electrons. The predicted molar refractivity (Wildman–Crippen MR) is 50.1 cm³/mol. The maximum atomic E-state index is 7.96. The van der Waals surface area contributed by atoms with Crippen LogP contribution in [0.4, 0.5) is 0 Å². The summed E-state index contributed by atoms with van der Waals surface area (Å²) >= 11 is 5.67. The van der Waals surface area contributed by atoms with E-state index in [0.717, 1.165) is 0 Å². The molecule has 0 N–H and O–H groups in total. The smallest absolute Gasteiger partial charge is 0.0880 e. The minimum absolute atomic E-state index is 0.156. The summed E-state index contributed by atoms with van der Waals surface area (Å²) in [6.45, 7) is 0.156. The van der Waals surface area contributed by atoms with E-state index in [9.17, 15) is 0 Å². The van der Waals surface area contributed by atoms with Crippen LogP contribution in [0.3, 0.4) is 0 Å². The highest BCUT2D eigenvalue weighted by Crippen LogP contribution is 2.06. The van der Waals surface area contributed by atoms with Gasteiger partial charge in [0.2, 0.25) is 0 Å². The van der Waals surface area contributed by atoms with Gasteiger partial charge in [-0.2, -0.15) is 0 Å². The molecule has 0 spiro atoms. The molecular formula is C8H5ClN4. The second kappa shape index (κ2) is 5.04. The van der Waals surface area contributed by atoms with Crippen molar-refractivity contribution < 1.29 is 0 Å². The first-order valence-electron chi connectivity index (χ1n) is 3.43. The normalized spacial score (nSPS) is 8.08. The van der Waals surface area contributed by atoms with Gasteiger partial charge in [-0.1, -0.05) is 28.6 Å². The molecule has 0 amide bonds. The van der Waals surface area contributed by atoms with Gasteiger partial charge in [-0.25, -0.2) is 0 Å². The Balaban J connectivity index is 2.71. The van der Waals surface area contributed by atoms with Crippen LogP contribution in [0, 0.1) is 11.8 Å². The average molecular weight is 193 g/mol. The van der Waals surface area contributed by atoms with Gasteiger partial charge in [-0.3, -0.25) is 4.98 Å². The summed E-state index contributed by atoms with van der Waals surface area (Å²) in [5, 5.41) is 3.80. The maximum absolute atomic E-state index is 7.96. The Morgan fingerprint density at radius 2 is 2.46 bits per heavy atom. The fourth-order valence-electron chi connectivity index (χ4n) is 0.689. The highest BCUT2D eigenvalue weighted by molar-refractivity contribution is 6.30. The fraction of sp³-hybridized carbons (Fsp3) is 0.125. The van der Waals surface area contributed by atoms with Crippen molar-refractivity contribution >= 4 is 11.6 Å². The summed E-state index contributed by atoms with van der Waals surface area (Å²) in [5.41, 5.74) is 8.67. The van der Waals surface area contributed by atoms with Crippen molar-refractivity contribution in [3.05, 3.63) is 39.5 Å². The molecule has 4 nitrogen and oxygen atoms in total. The van der Waals surface area contributed by atoms with Crippen LogP contribution in [0.25, 0.3) is 10.4 Å². The first-order valence-corrected chi connectivity index (χ1v) is 3.81. The molecular weight excluding hydrogens is 188 g/mol. The third-order valence-corrected chi connectivity index (χ3v) is 1.36. The zero-order valence-corrected chi connectivity index (χ0v) is 7.36. The number of halogens is 1. The number of aromatic nitrogens is 1. The molecule has 0 aliphatic rings. The molecule has 0 bridgehead atoms. The Morgan fingerprint density at radius 1 is 1.62 bits per heavy atom. The molecule has 1 heterocycles. The number of nitrogens with zero attached hydrogens (tertiary/aromatic N) is 4. The van der Waals surface area contributed by atoms with Crippen LogP contribution in [0.1, 0.15) is 5.56 Å². The van der Waals surface area contributed by atoms with Crippen LogP contribution in [-0.2, 0) is 0 Å². The molecule has 0 saturated heterocycles. The molecule has 1 aromatic rings. The van der Waals surface area contributed by atoms with Gasteiger partial charge in [0.15, 0.2) is 0 Å². The zero-order chi connectivity index (χ0) is 9.52. The molecule has 13 heavy (non-hydrogen) atoms. The summed E-state index contributed by atoms with van der Waals surface area (Å²) in [6.07, 6.45) is 3.12. The van der Waals surface area contributed by atoms with Gasteiger partial charge in [0.1, 0.15) is 0 Å². The van der Waals surface area contributed by atoms with E-state index in [1.807, 2.05) is 0 Å². The van der Waals surface area contributed by atoms with Crippen LogP contribution in [0.5, 0.6) is 0 Å². The van der Waals surface area contributed by atoms with Crippen LogP contribution < -0.4 is 0 Å². The van der Waals surface area contributed by atoms with Gasteiger partial charge in [0.25, 0.3) is 0 Å². The van der Waals surface area contributed by atoms with Crippen LogP contribution >= 0.6 is 11.6 Å². The lowest BCUT2D eigenvalue weighted by Crippen LogP contribution is -1.78. The van der Waals surface area contributed by atoms with Crippen molar-refractivity contribution in [1.29, 1.82) is 0 Å². The lowest BCUT2D eigenvalue weighted by Gasteiger charge is -1.88. The third-order valence-electron chi connectivity index (χ3n) is 1.15. The second-order valence-corrected chi connectivity index (χ2v) is 2.52. The second-order valence-electron chi connectivity index (χ2n) is 2.08. The van der Waals surface area contributed by atoms with Crippen LogP contribution in [0.15, 0.2) is 23.6 Å². The quantitative estimate of drug-likeness (QED) is 0.292. The highest BCUT2D eigenvalue weighted by Gasteiger charge is 1.88. The van der Waals surface area contributed by atoms with Crippen molar-refractivity contribution in [2.45, 2.75) is 0 Å². The van der Waals surface area contributed by atoms with Crippen molar-refractivity contribution in [1.82, 2.24) is 4.98 Å². The van der Waals surface area contributed by atoms with Gasteiger partial charge < -0.3 is 0 Å². The summed E-state index contributed by atoms with van der Waals surface area (Å²) in [5.74, 6) is 5.42. The zero-order valence-electron chi connectivity index (χ0n) is 6.61. The average Bonchev–Trinajstić information content (AvgIpc) is 2.13. The Bertz CT molecular complexity index is 398. The van der Waals surface area contributed by atoms with E-state index in [-0.39, 0.29) is 6.54 Å². The molecule has 0 atom stereocenters. The third kappa shape index (κ3) is 3.48. The van der Waals surface area contributed by atoms with E-state index in [0.29, 0.717) is 10.6 Å². The topological polar surface area (TPSA) is 61.7 Å². The van der Waals surface area contributed by atoms with Crippen LogP contribution in [0.2, 0.25) is 5.02 Å². The number of rotatable bonds is 1. The molecule has 5 heteroatoms. The van der Waals surface area contributed by atoms with Crippen molar-refractivity contribution in [2.75, 3.05) is 6.54 Å². The molecule has 0 fully saturated rings. The van der Waals surface area contributed by atoms with E-state index in [2.05, 4.69) is 26.9 Å². The first kappa shape index (κ1) is 9.40. The SMILES string of the molecule is [N-]=[N+]=NCC#Cc1cncc(Cl)c1. The number of azide groups is 1. The summed E-state index contributed by atoms with van der Waals surface area (Å²) in [4.78, 5) is 6.41. The van der Waals surface area contributed by atoms with Crippen molar-refractivity contribution in [3.8, 4) is 11.8 Å². The summed E-state index contributed by atoms with van der Waals surface area (Å²) < 4.78 is 0. The molecule has 0 aliphatic heterocycles. The molecule has 0 saturated carbocycles. The molecule has 1 aromatic heterocycles. The number of hydrogen-bond donors (Lipinski definition) is 0. The molecule has 0 aromatic carbocycles. The van der Waals surface area contributed by atoms with Crippen molar-refractivity contribution in [2.24, 2.45) is 5.11 Å². The molecule has 1 rings (SSSR count). The van der Waals surface area contributed by atoms with Gasteiger partial charge in [0, 0.05) is 22.9 Å². The van der Waals surface area contributed by atoms with Crippen molar-refractivity contribution in [3.63, 3.8) is 0 Å². The summed E-state index contributed by atoms with van der Waals surface area (Å²) in [7, 11) is 0. The van der Waals surface area contributed by atoms with E-state index in [1.54, 1.807) is 12.3 Å². The lowest BCUT2D eigenvalue weighted by molar-refractivity contribution is 1.25. The monoisotopic (exact) mass is 192 g/mol. The Kier molecular flexibility index (Phi) is 3.65. The lowest BCUT2D eigenvalue weighted by atomic mass is 10.3. The predicted octanol–water partition coefficient (Wildman–Crippen LogP) is 2.40. The summed E-state index contributed by atoms with van der Waals surface area (Å²) in [6, 6.07) is 1.69. The highest BCUT2D eigenvalue weighted by atomic mass is 35.5. The van der Waals surface area contributed by atoms with Gasteiger partial charge in [-0.05, 0) is 11.6 Å². The standard InChI is InChI=1S/C8H5ClN4/c9-8-4-7(5-11-6-8)2-1-3-12-13-10/h4-6H,3H2. The number of hydrogen-bond acceptors (Lipinski definition) is 2. The van der Waals surface area contributed by atoms with E-state index in [4.69, 9.17) is 17.1 Å². The molecule has 0 aliphatic carbocycles. The van der Waals surface area contributed by atoms with Gasteiger partial charge in [0.05, 0.1) is 11.6 Å². The Morgan fingerprint density at radius 3 is 3.15 bits per heavy atom. The van der Waals surface area contributed by atoms with Gasteiger partial charge in [-0.15, -0.1) is 0 Å². The minimum atomic E-state index is 0.156. The Labute approximate surface area is 80.2 Å². The molecule has 0 radical (unpaired) electrons. The maximum Gasteiger partial charge on any atom is 0.0880 e. The fourth-order valence-corrected chi connectivity index (χ4v) is 0.863. The minimum Gasteiger partial charge on any atom is -0.262 e. The number of pyridine rings is 1. The largest absolute Gasteiger partial charge is 0.262 e.